The van der Waals surface area contributed by atoms with Crippen molar-refractivity contribution in [1.29, 1.82) is 0 Å². The van der Waals surface area contributed by atoms with Crippen LogP contribution < -0.4 is 9.47 Å². The van der Waals surface area contributed by atoms with Crippen LogP contribution in [0.25, 0.3) is 0 Å². The summed E-state index contributed by atoms with van der Waals surface area (Å²) in [6, 6.07) is 0. The summed E-state index contributed by atoms with van der Waals surface area (Å²) in [7, 11) is 1.18. The van der Waals surface area contributed by atoms with Crippen molar-refractivity contribution in [2.24, 2.45) is 0 Å². The third-order valence-electron chi connectivity index (χ3n) is 2.19. The second-order valence-electron chi connectivity index (χ2n) is 3.53. The normalized spacial score (nSPS) is 16.0. The molecule has 88 valence electrons. The van der Waals surface area contributed by atoms with Crippen molar-refractivity contribution in [1.82, 2.24) is 4.98 Å². The van der Waals surface area contributed by atoms with Gasteiger partial charge in [-0.1, -0.05) is 0 Å². The number of alkyl halides is 3. The number of ether oxygens (including phenoxy) is 2. The van der Waals surface area contributed by atoms with Crippen LogP contribution in [0.3, 0.4) is 0 Å². The molecule has 0 radical (unpaired) electrons. The number of methoxy groups -OCH3 is 1. The maximum Gasteiger partial charge on any atom is 0.421 e. The summed E-state index contributed by atoms with van der Waals surface area (Å²) < 4.78 is 47.8. The summed E-state index contributed by atoms with van der Waals surface area (Å²) in [6.45, 7) is 0. The van der Waals surface area contributed by atoms with Crippen molar-refractivity contribution in [3.05, 3.63) is 18.0 Å². The van der Waals surface area contributed by atoms with Crippen LogP contribution in [0.15, 0.2) is 12.4 Å². The zero-order chi connectivity index (χ0) is 11.8. The monoisotopic (exact) mass is 233 g/mol. The zero-order valence-corrected chi connectivity index (χ0v) is 8.54. The zero-order valence-electron chi connectivity index (χ0n) is 8.54. The Kier molecular flexibility index (Phi) is 2.65. The molecule has 1 aromatic heterocycles. The molecule has 0 atom stereocenters. The lowest BCUT2D eigenvalue weighted by Crippen LogP contribution is -2.10. The van der Waals surface area contributed by atoms with Crippen LogP contribution in [0, 0.1) is 0 Å². The number of hydrogen-bond donors (Lipinski definition) is 0. The molecule has 16 heavy (non-hydrogen) atoms. The van der Waals surface area contributed by atoms with E-state index in [0.29, 0.717) is 0 Å². The highest BCUT2D eigenvalue weighted by Crippen LogP contribution is 2.42. The summed E-state index contributed by atoms with van der Waals surface area (Å²) in [6.07, 6.45) is -0.787. The number of pyridine rings is 1. The molecule has 2 rings (SSSR count). The van der Waals surface area contributed by atoms with E-state index in [0.717, 1.165) is 19.0 Å². The molecule has 0 spiro atoms. The molecule has 1 saturated carbocycles. The minimum atomic E-state index is -4.48. The van der Waals surface area contributed by atoms with Crippen LogP contribution in [-0.4, -0.2) is 18.2 Å². The highest BCUT2D eigenvalue weighted by atomic mass is 19.4. The highest BCUT2D eigenvalue weighted by Gasteiger charge is 2.37. The lowest BCUT2D eigenvalue weighted by Gasteiger charge is -2.14. The van der Waals surface area contributed by atoms with E-state index in [2.05, 4.69) is 4.98 Å². The predicted octanol–water partition coefficient (Wildman–Crippen LogP) is 2.65. The van der Waals surface area contributed by atoms with E-state index in [-0.39, 0.29) is 17.6 Å². The Bertz CT molecular complexity index is 388. The predicted molar refractivity (Wildman–Crippen MR) is 49.4 cm³/mol. The Balaban J connectivity index is 2.37. The summed E-state index contributed by atoms with van der Waals surface area (Å²) >= 11 is 0. The van der Waals surface area contributed by atoms with Crippen LogP contribution >= 0.6 is 0 Å². The fourth-order valence-corrected chi connectivity index (χ4v) is 1.29. The van der Waals surface area contributed by atoms with Crippen LogP contribution in [0.2, 0.25) is 0 Å². The topological polar surface area (TPSA) is 31.4 Å². The fourth-order valence-electron chi connectivity index (χ4n) is 1.29. The van der Waals surface area contributed by atoms with Crippen LogP contribution in [0.5, 0.6) is 11.5 Å². The minimum Gasteiger partial charge on any atom is -0.492 e. The van der Waals surface area contributed by atoms with E-state index in [1.165, 1.54) is 13.3 Å². The summed E-state index contributed by atoms with van der Waals surface area (Å²) in [5.74, 6) is -0.241. The first-order valence-corrected chi connectivity index (χ1v) is 4.78. The van der Waals surface area contributed by atoms with E-state index < -0.39 is 11.7 Å². The molecule has 0 unspecified atom stereocenters. The van der Waals surface area contributed by atoms with Crippen LogP contribution in [0.4, 0.5) is 13.2 Å². The van der Waals surface area contributed by atoms with Crippen molar-refractivity contribution in [3.8, 4) is 11.5 Å². The van der Waals surface area contributed by atoms with Gasteiger partial charge in [-0.05, 0) is 12.8 Å². The second-order valence-corrected chi connectivity index (χ2v) is 3.53. The van der Waals surface area contributed by atoms with Crippen LogP contribution in [0.1, 0.15) is 18.4 Å². The SMILES string of the molecule is COc1c(OC2CC2)cncc1C(F)(F)F. The lowest BCUT2D eigenvalue weighted by molar-refractivity contribution is -0.139. The highest BCUT2D eigenvalue weighted by molar-refractivity contribution is 5.45. The summed E-state index contributed by atoms with van der Waals surface area (Å²) in [5, 5.41) is 0. The maximum absolute atomic E-state index is 12.6. The van der Waals surface area contributed by atoms with Gasteiger partial charge in [0.05, 0.1) is 19.4 Å². The van der Waals surface area contributed by atoms with E-state index >= 15 is 0 Å². The van der Waals surface area contributed by atoms with E-state index in [9.17, 15) is 13.2 Å². The minimum absolute atomic E-state index is 0.000756. The first-order valence-electron chi connectivity index (χ1n) is 4.78. The molecule has 1 heterocycles. The molecule has 1 aliphatic rings. The average molecular weight is 233 g/mol. The van der Waals surface area contributed by atoms with Gasteiger partial charge in [-0.2, -0.15) is 13.2 Å². The molecular weight excluding hydrogens is 223 g/mol. The third-order valence-corrected chi connectivity index (χ3v) is 2.19. The molecule has 1 aromatic rings. The Hall–Kier alpha value is -1.46. The molecular formula is C10H10F3NO2. The Morgan fingerprint density at radius 2 is 2.00 bits per heavy atom. The Morgan fingerprint density at radius 1 is 1.31 bits per heavy atom. The van der Waals surface area contributed by atoms with E-state index in [4.69, 9.17) is 9.47 Å². The first kappa shape index (κ1) is 11.0. The van der Waals surface area contributed by atoms with Crippen molar-refractivity contribution < 1.29 is 22.6 Å². The van der Waals surface area contributed by atoms with Gasteiger partial charge in [0.2, 0.25) is 0 Å². The molecule has 3 nitrogen and oxygen atoms in total. The van der Waals surface area contributed by atoms with Gasteiger partial charge in [0.1, 0.15) is 5.56 Å². The second kappa shape index (κ2) is 3.84. The van der Waals surface area contributed by atoms with Crippen molar-refractivity contribution in [3.63, 3.8) is 0 Å². The third kappa shape index (κ3) is 2.20. The number of halogens is 3. The number of aromatic nitrogens is 1. The molecule has 0 aromatic carbocycles. The summed E-state index contributed by atoms with van der Waals surface area (Å²) in [5.41, 5.74) is -0.909. The van der Waals surface area contributed by atoms with E-state index in [1.54, 1.807) is 0 Å². The van der Waals surface area contributed by atoms with Crippen LogP contribution in [-0.2, 0) is 6.18 Å². The van der Waals surface area contributed by atoms with Gasteiger partial charge in [0.25, 0.3) is 0 Å². The maximum atomic E-state index is 12.6. The lowest BCUT2D eigenvalue weighted by atomic mass is 10.2. The molecule has 0 aliphatic heterocycles. The van der Waals surface area contributed by atoms with Crippen molar-refractivity contribution in [2.45, 2.75) is 25.1 Å². The Morgan fingerprint density at radius 3 is 2.50 bits per heavy atom. The average Bonchev–Trinajstić information content (AvgIpc) is 3.00. The van der Waals surface area contributed by atoms with E-state index in [1.807, 2.05) is 0 Å². The number of hydrogen-bond acceptors (Lipinski definition) is 3. The fraction of sp³-hybridized carbons (Fsp3) is 0.500. The van der Waals surface area contributed by atoms with Gasteiger partial charge in [-0.3, -0.25) is 4.98 Å². The quantitative estimate of drug-likeness (QED) is 0.804. The van der Waals surface area contributed by atoms with Gasteiger partial charge in [0.15, 0.2) is 11.5 Å². The standard InChI is InChI=1S/C10H10F3NO2/c1-15-9-7(10(11,12)13)4-14-5-8(9)16-6-2-3-6/h4-6H,2-3H2,1H3. The molecule has 0 saturated heterocycles. The van der Waals surface area contributed by atoms with Gasteiger partial charge in [0, 0.05) is 6.20 Å². The van der Waals surface area contributed by atoms with Crippen molar-refractivity contribution in [2.75, 3.05) is 7.11 Å². The largest absolute Gasteiger partial charge is 0.492 e. The molecule has 0 bridgehead atoms. The number of rotatable bonds is 3. The van der Waals surface area contributed by atoms with Crippen molar-refractivity contribution >= 4 is 0 Å². The molecule has 0 amide bonds. The van der Waals surface area contributed by atoms with Gasteiger partial charge in [-0.15, -0.1) is 0 Å². The number of nitrogens with zero attached hydrogens (tertiary/aromatic N) is 1. The van der Waals surface area contributed by atoms with Gasteiger partial charge < -0.3 is 9.47 Å². The molecule has 6 heteroatoms. The van der Waals surface area contributed by atoms with Gasteiger partial charge >= 0.3 is 6.18 Å². The Labute approximate surface area is 90.2 Å². The van der Waals surface area contributed by atoms with Gasteiger partial charge in [-0.25, -0.2) is 0 Å². The molecule has 1 aliphatic carbocycles. The first-order chi connectivity index (χ1) is 7.52. The summed E-state index contributed by atoms with van der Waals surface area (Å²) in [4.78, 5) is 3.52. The molecule has 0 N–H and O–H groups in total. The molecule has 1 fully saturated rings. The smallest absolute Gasteiger partial charge is 0.421 e.